The summed E-state index contributed by atoms with van der Waals surface area (Å²) in [7, 11) is -2.20. The molecular weight excluding hydrogens is 419 g/mol. The molecule has 1 N–H and O–H groups in total. The van der Waals surface area contributed by atoms with Crippen LogP contribution in [0.1, 0.15) is 45.2 Å². The maximum absolute atomic E-state index is 13.4. The van der Waals surface area contributed by atoms with E-state index in [2.05, 4.69) is 19.2 Å². The Bertz CT molecular complexity index is 960. The molecule has 170 valence electrons. The van der Waals surface area contributed by atoms with Crippen LogP contribution in [0.3, 0.4) is 0 Å². The number of sulfonamides is 1. The van der Waals surface area contributed by atoms with E-state index in [-0.39, 0.29) is 18.2 Å². The molecule has 2 atom stereocenters. The van der Waals surface area contributed by atoms with Crippen molar-refractivity contribution in [2.75, 3.05) is 17.7 Å². The number of nitrogens with zero attached hydrogens (tertiary/aromatic N) is 1. The fourth-order valence-electron chi connectivity index (χ4n) is 3.50. The van der Waals surface area contributed by atoms with Crippen molar-refractivity contribution in [1.29, 1.82) is 0 Å². The fraction of sp³-hybridized carbons (Fsp3) is 0.435. The van der Waals surface area contributed by atoms with E-state index in [4.69, 9.17) is 4.74 Å². The van der Waals surface area contributed by atoms with Crippen molar-refractivity contribution in [2.24, 2.45) is 5.92 Å². The Labute approximate surface area is 184 Å². The fourth-order valence-corrected chi connectivity index (χ4v) is 4.71. The number of hydrogen-bond donors (Lipinski definition) is 1. The van der Waals surface area contributed by atoms with Gasteiger partial charge < -0.3 is 10.1 Å². The Kier molecular flexibility index (Phi) is 8.44. The molecule has 0 spiro atoms. The SMILES string of the molecule is CC[C@@H](C(=O)N[C@@H](CC(C)C)c1ccc(OC)cc1)N(c1ccc(F)cc1)S(C)(=O)=O. The summed E-state index contributed by atoms with van der Waals surface area (Å²) in [5.74, 6) is 0.130. The number of carbonyl (C=O) groups excluding carboxylic acids is 1. The van der Waals surface area contributed by atoms with E-state index >= 15 is 0 Å². The van der Waals surface area contributed by atoms with Gasteiger partial charge in [0.15, 0.2) is 0 Å². The van der Waals surface area contributed by atoms with Crippen LogP contribution in [0.2, 0.25) is 0 Å². The van der Waals surface area contributed by atoms with Gasteiger partial charge in [-0.15, -0.1) is 0 Å². The highest BCUT2D eigenvalue weighted by Crippen LogP contribution is 2.26. The van der Waals surface area contributed by atoms with Crippen LogP contribution in [0.5, 0.6) is 5.75 Å². The van der Waals surface area contributed by atoms with Crippen LogP contribution in [0.4, 0.5) is 10.1 Å². The van der Waals surface area contributed by atoms with Crippen molar-refractivity contribution in [1.82, 2.24) is 5.32 Å². The van der Waals surface area contributed by atoms with Crippen molar-refractivity contribution >= 4 is 21.6 Å². The molecule has 0 aliphatic heterocycles. The summed E-state index contributed by atoms with van der Waals surface area (Å²) < 4.78 is 44.8. The molecular formula is C23H31FN2O4S. The van der Waals surface area contributed by atoms with Crippen LogP contribution < -0.4 is 14.4 Å². The quantitative estimate of drug-likeness (QED) is 0.586. The van der Waals surface area contributed by atoms with Crippen LogP contribution in [-0.2, 0) is 14.8 Å². The Morgan fingerprint density at radius 3 is 2.13 bits per heavy atom. The van der Waals surface area contributed by atoms with Crippen molar-refractivity contribution in [3.8, 4) is 5.75 Å². The lowest BCUT2D eigenvalue weighted by Gasteiger charge is -2.32. The highest BCUT2D eigenvalue weighted by atomic mass is 32.2. The third-order valence-electron chi connectivity index (χ3n) is 4.95. The van der Waals surface area contributed by atoms with Gasteiger partial charge in [0.1, 0.15) is 17.6 Å². The molecule has 31 heavy (non-hydrogen) atoms. The molecule has 0 aromatic heterocycles. The number of amides is 1. The lowest BCUT2D eigenvalue weighted by molar-refractivity contribution is -0.123. The minimum absolute atomic E-state index is 0.246. The van der Waals surface area contributed by atoms with Crippen molar-refractivity contribution in [2.45, 2.75) is 45.7 Å². The third-order valence-corrected chi connectivity index (χ3v) is 6.13. The van der Waals surface area contributed by atoms with E-state index in [1.165, 1.54) is 24.3 Å². The average Bonchev–Trinajstić information content (AvgIpc) is 2.71. The van der Waals surface area contributed by atoms with Gasteiger partial charge in [-0.25, -0.2) is 12.8 Å². The monoisotopic (exact) mass is 450 g/mol. The van der Waals surface area contributed by atoms with Crippen LogP contribution >= 0.6 is 0 Å². The highest BCUT2D eigenvalue weighted by molar-refractivity contribution is 7.92. The molecule has 6 nitrogen and oxygen atoms in total. The molecule has 0 unspecified atom stereocenters. The van der Waals surface area contributed by atoms with Gasteiger partial charge in [-0.05, 0) is 60.7 Å². The second kappa shape index (κ2) is 10.6. The van der Waals surface area contributed by atoms with Gasteiger partial charge in [0.25, 0.3) is 0 Å². The predicted molar refractivity (Wildman–Crippen MR) is 121 cm³/mol. The molecule has 2 aromatic carbocycles. The summed E-state index contributed by atoms with van der Waals surface area (Å²) in [6, 6.07) is 11.3. The van der Waals surface area contributed by atoms with Crippen LogP contribution in [0.15, 0.2) is 48.5 Å². The first-order valence-electron chi connectivity index (χ1n) is 10.3. The van der Waals surface area contributed by atoms with E-state index in [0.717, 1.165) is 16.1 Å². The number of benzene rings is 2. The minimum atomic E-state index is -3.79. The molecule has 0 radical (unpaired) electrons. The van der Waals surface area contributed by atoms with Crippen LogP contribution in [0.25, 0.3) is 0 Å². The second-order valence-corrected chi connectivity index (χ2v) is 9.78. The van der Waals surface area contributed by atoms with E-state index in [0.29, 0.717) is 18.1 Å². The average molecular weight is 451 g/mol. The normalized spacial score (nSPS) is 13.5. The molecule has 0 saturated carbocycles. The van der Waals surface area contributed by atoms with Crippen LogP contribution in [-0.4, -0.2) is 33.7 Å². The molecule has 0 heterocycles. The molecule has 8 heteroatoms. The first kappa shape index (κ1) is 24.7. The lowest BCUT2D eigenvalue weighted by atomic mass is 9.96. The number of anilines is 1. The number of halogens is 1. The molecule has 2 rings (SSSR count). The topological polar surface area (TPSA) is 75.7 Å². The number of nitrogens with one attached hydrogen (secondary N) is 1. The van der Waals surface area contributed by atoms with Crippen LogP contribution in [0, 0.1) is 11.7 Å². The number of methoxy groups -OCH3 is 1. The second-order valence-electron chi connectivity index (χ2n) is 7.92. The highest BCUT2D eigenvalue weighted by Gasteiger charge is 2.32. The lowest BCUT2D eigenvalue weighted by Crippen LogP contribution is -2.50. The van der Waals surface area contributed by atoms with Gasteiger partial charge >= 0.3 is 0 Å². The summed E-state index contributed by atoms with van der Waals surface area (Å²) in [5, 5.41) is 3.03. The minimum Gasteiger partial charge on any atom is -0.497 e. The summed E-state index contributed by atoms with van der Waals surface area (Å²) in [6.07, 6.45) is 1.98. The molecule has 0 bridgehead atoms. The smallest absolute Gasteiger partial charge is 0.244 e. The van der Waals surface area contributed by atoms with Crippen molar-refractivity contribution < 1.29 is 22.3 Å². The van der Waals surface area contributed by atoms with Gasteiger partial charge in [-0.1, -0.05) is 32.9 Å². The van der Waals surface area contributed by atoms with Gasteiger partial charge in [-0.2, -0.15) is 0 Å². The summed E-state index contributed by atoms with van der Waals surface area (Å²) >= 11 is 0. The summed E-state index contributed by atoms with van der Waals surface area (Å²) in [6.45, 7) is 5.86. The maximum Gasteiger partial charge on any atom is 0.244 e. The van der Waals surface area contributed by atoms with Gasteiger partial charge in [0.2, 0.25) is 15.9 Å². The number of rotatable bonds is 10. The molecule has 1 amide bonds. The molecule has 0 fully saturated rings. The number of hydrogen-bond acceptors (Lipinski definition) is 4. The summed E-state index contributed by atoms with van der Waals surface area (Å²) in [4.78, 5) is 13.3. The third kappa shape index (κ3) is 6.69. The van der Waals surface area contributed by atoms with Gasteiger partial charge in [-0.3, -0.25) is 9.10 Å². The predicted octanol–water partition coefficient (Wildman–Crippen LogP) is 4.28. The zero-order valence-corrected chi connectivity index (χ0v) is 19.4. The Morgan fingerprint density at radius 2 is 1.68 bits per heavy atom. The van der Waals surface area contributed by atoms with Crippen molar-refractivity contribution in [3.63, 3.8) is 0 Å². The molecule has 0 aliphatic rings. The van der Waals surface area contributed by atoms with E-state index in [1.54, 1.807) is 14.0 Å². The van der Waals surface area contributed by atoms with Crippen molar-refractivity contribution in [3.05, 3.63) is 59.9 Å². The Hall–Kier alpha value is -2.61. The molecule has 0 aliphatic carbocycles. The molecule has 0 saturated heterocycles. The number of carbonyl (C=O) groups is 1. The standard InChI is InChI=1S/C23H31FN2O4S/c1-6-22(26(31(5,28)29)19-11-9-18(24)10-12-19)23(27)25-21(15-16(2)3)17-7-13-20(30-4)14-8-17/h7-14,16,21-22H,6,15H2,1-5H3,(H,25,27)/t21-,22-/m0/s1. The first-order chi connectivity index (χ1) is 14.6. The van der Waals surface area contributed by atoms with Gasteiger partial charge in [0.05, 0.1) is 25.1 Å². The first-order valence-corrected chi connectivity index (χ1v) is 12.1. The number of ether oxygens (including phenoxy) is 1. The largest absolute Gasteiger partial charge is 0.497 e. The Morgan fingerprint density at radius 1 is 1.10 bits per heavy atom. The Balaban J connectivity index is 2.36. The summed E-state index contributed by atoms with van der Waals surface area (Å²) in [5.41, 5.74) is 1.15. The zero-order chi connectivity index (χ0) is 23.2. The zero-order valence-electron chi connectivity index (χ0n) is 18.6. The van der Waals surface area contributed by atoms with Gasteiger partial charge in [0, 0.05) is 0 Å². The van der Waals surface area contributed by atoms with E-state index < -0.39 is 27.8 Å². The van der Waals surface area contributed by atoms with E-state index in [1.807, 2.05) is 24.3 Å². The van der Waals surface area contributed by atoms with E-state index in [9.17, 15) is 17.6 Å². The molecule has 2 aromatic rings. The maximum atomic E-state index is 13.4.